The Morgan fingerprint density at radius 2 is 1.95 bits per heavy atom. The largest absolute Gasteiger partial charge is 0.356 e. The smallest absolute Gasteiger partial charge is 0.227 e. The molecule has 0 aliphatic carbocycles. The molecule has 2 aromatic heterocycles. The van der Waals surface area contributed by atoms with Crippen molar-refractivity contribution in [3.05, 3.63) is 42.4 Å². The molecular formula is C14H17N5O2. The van der Waals surface area contributed by atoms with Crippen molar-refractivity contribution in [3.8, 4) is 0 Å². The van der Waals surface area contributed by atoms with Crippen molar-refractivity contribution in [1.29, 1.82) is 0 Å². The molecule has 2 N–H and O–H groups in total. The van der Waals surface area contributed by atoms with E-state index in [1.165, 1.54) is 6.92 Å². The molecule has 2 heterocycles. The lowest BCUT2D eigenvalue weighted by atomic mass is 10.3. The predicted molar refractivity (Wildman–Crippen MR) is 77.5 cm³/mol. The van der Waals surface area contributed by atoms with Gasteiger partial charge in [-0.2, -0.15) is 5.10 Å². The van der Waals surface area contributed by atoms with Gasteiger partial charge in [-0.05, 0) is 17.7 Å². The number of carbonyl (C=O) groups excluding carboxylic acids is 2. The van der Waals surface area contributed by atoms with E-state index in [0.717, 1.165) is 5.56 Å². The first-order valence-corrected chi connectivity index (χ1v) is 6.60. The van der Waals surface area contributed by atoms with Gasteiger partial charge in [-0.15, -0.1) is 0 Å². The summed E-state index contributed by atoms with van der Waals surface area (Å²) in [7, 11) is 0. The fourth-order valence-electron chi connectivity index (χ4n) is 1.78. The highest BCUT2D eigenvalue weighted by Gasteiger charge is 2.07. The fourth-order valence-corrected chi connectivity index (χ4v) is 1.78. The normalized spacial score (nSPS) is 10.1. The van der Waals surface area contributed by atoms with Crippen molar-refractivity contribution in [1.82, 2.24) is 20.1 Å². The number of anilines is 1. The van der Waals surface area contributed by atoms with Crippen LogP contribution in [0.25, 0.3) is 0 Å². The summed E-state index contributed by atoms with van der Waals surface area (Å²) in [4.78, 5) is 26.5. The summed E-state index contributed by atoms with van der Waals surface area (Å²) in [5.74, 6) is 0.311. The summed E-state index contributed by atoms with van der Waals surface area (Å²) >= 11 is 0. The maximum atomic E-state index is 11.8. The van der Waals surface area contributed by atoms with Gasteiger partial charge in [0.15, 0.2) is 0 Å². The molecule has 7 nitrogen and oxygen atoms in total. The highest BCUT2D eigenvalue weighted by Crippen LogP contribution is 2.09. The molecule has 0 aromatic carbocycles. The Bertz CT molecular complexity index is 609. The molecule has 0 spiro atoms. The molecule has 2 rings (SSSR count). The summed E-state index contributed by atoms with van der Waals surface area (Å²) < 4.78 is 1.70. The Kier molecular flexibility index (Phi) is 5.03. The summed E-state index contributed by atoms with van der Waals surface area (Å²) in [6, 6.07) is 5.52. The maximum Gasteiger partial charge on any atom is 0.227 e. The minimum absolute atomic E-state index is 0.148. The lowest BCUT2D eigenvalue weighted by molar-refractivity contribution is -0.119. The number of amides is 2. The Morgan fingerprint density at radius 3 is 2.67 bits per heavy atom. The van der Waals surface area contributed by atoms with Crippen LogP contribution < -0.4 is 10.6 Å². The van der Waals surface area contributed by atoms with Crippen molar-refractivity contribution < 1.29 is 9.59 Å². The average Bonchev–Trinajstić information content (AvgIpc) is 2.86. The number of nitrogens with zero attached hydrogens (tertiary/aromatic N) is 3. The van der Waals surface area contributed by atoms with Crippen LogP contribution in [0.15, 0.2) is 36.8 Å². The number of pyridine rings is 1. The minimum Gasteiger partial charge on any atom is -0.356 e. The first-order valence-electron chi connectivity index (χ1n) is 6.60. The molecule has 0 radical (unpaired) electrons. The minimum atomic E-state index is -0.166. The molecule has 0 bridgehead atoms. The van der Waals surface area contributed by atoms with Gasteiger partial charge >= 0.3 is 0 Å². The van der Waals surface area contributed by atoms with Gasteiger partial charge in [0, 0.05) is 38.3 Å². The van der Waals surface area contributed by atoms with Gasteiger partial charge in [-0.25, -0.2) is 4.68 Å². The van der Waals surface area contributed by atoms with E-state index in [0.29, 0.717) is 18.9 Å². The van der Waals surface area contributed by atoms with Crippen molar-refractivity contribution >= 4 is 17.6 Å². The fraction of sp³-hybridized carbons (Fsp3) is 0.286. The van der Waals surface area contributed by atoms with Gasteiger partial charge in [-0.1, -0.05) is 0 Å². The van der Waals surface area contributed by atoms with E-state index in [1.54, 1.807) is 29.3 Å². The van der Waals surface area contributed by atoms with Gasteiger partial charge in [0.05, 0.1) is 12.7 Å². The van der Waals surface area contributed by atoms with Crippen molar-refractivity contribution in [2.75, 3.05) is 11.9 Å². The number of hydrogen-bond acceptors (Lipinski definition) is 4. The number of hydrogen-bond donors (Lipinski definition) is 2. The molecule has 2 amide bonds. The Morgan fingerprint density at radius 1 is 1.19 bits per heavy atom. The molecule has 110 valence electrons. The standard InChI is InChI=1S/C14H17N5O2/c1-11(20)16-8-5-14(21)18-13-4-9-17-19(13)10-12-2-6-15-7-3-12/h2-4,6-7,9H,5,8,10H2,1H3,(H,16,20)(H,18,21). The number of carbonyl (C=O) groups is 2. The van der Waals surface area contributed by atoms with Crippen LogP contribution in [0.2, 0.25) is 0 Å². The monoisotopic (exact) mass is 287 g/mol. The van der Waals surface area contributed by atoms with Crippen molar-refractivity contribution in [2.45, 2.75) is 19.9 Å². The first-order chi connectivity index (χ1) is 10.1. The quantitative estimate of drug-likeness (QED) is 0.822. The van der Waals surface area contributed by atoms with Crippen LogP contribution in [0.3, 0.4) is 0 Å². The topological polar surface area (TPSA) is 88.9 Å². The van der Waals surface area contributed by atoms with E-state index < -0.39 is 0 Å². The van der Waals surface area contributed by atoms with Crippen LogP contribution in [-0.2, 0) is 16.1 Å². The first kappa shape index (κ1) is 14.7. The molecule has 0 aliphatic heterocycles. The van der Waals surface area contributed by atoms with E-state index in [4.69, 9.17) is 0 Å². The van der Waals surface area contributed by atoms with E-state index in [9.17, 15) is 9.59 Å². The molecule has 0 unspecified atom stereocenters. The van der Waals surface area contributed by atoms with E-state index >= 15 is 0 Å². The van der Waals surface area contributed by atoms with Crippen molar-refractivity contribution in [2.24, 2.45) is 0 Å². The number of aromatic nitrogens is 3. The molecular weight excluding hydrogens is 270 g/mol. The van der Waals surface area contributed by atoms with E-state index in [-0.39, 0.29) is 18.2 Å². The lowest BCUT2D eigenvalue weighted by Gasteiger charge is -2.09. The SMILES string of the molecule is CC(=O)NCCC(=O)Nc1ccnn1Cc1ccncc1. The maximum absolute atomic E-state index is 11.8. The molecule has 0 atom stereocenters. The van der Waals surface area contributed by atoms with Crippen LogP contribution in [0.1, 0.15) is 18.9 Å². The molecule has 0 saturated heterocycles. The van der Waals surface area contributed by atoms with Crippen LogP contribution in [0.4, 0.5) is 5.82 Å². The number of rotatable bonds is 6. The van der Waals surface area contributed by atoms with Gasteiger partial charge in [0.2, 0.25) is 11.8 Å². The second-order valence-electron chi connectivity index (χ2n) is 4.51. The molecule has 0 fully saturated rings. The third kappa shape index (κ3) is 4.72. The Labute approximate surface area is 122 Å². The third-order valence-electron chi connectivity index (χ3n) is 2.79. The third-order valence-corrected chi connectivity index (χ3v) is 2.79. The lowest BCUT2D eigenvalue weighted by Crippen LogP contribution is -2.25. The van der Waals surface area contributed by atoms with Crippen LogP contribution in [-0.4, -0.2) is 33.1 Å². The molecule has 7 heteroatoms. The zero-order valence-electron chi connectivity index (χ0n) is 11.7. The van der Waals surface area contributed by atoms with Crippen LogP contribution in [0, 0.1) is 0 Å². The second-order valence-corrected chi connectivity index (χ2v) is 4.51. The highest BCUT2D eigenvalue weighted by atomic mass is 16.2. The molecule has 0 aliphatic rings. The summed E-state index contributed by atoms with van der Waals surface area (Å²) in [6.07, 6.45) is 5.28. The van der Waals surface area contributed by atoms with Crippen LogP contribution >= 0.6 is 0 Å². The summed E-state index contributed by atoms with van der Waals surface area (Å²) in [6.45, 7) is 2.29. The van der Waals surface area contributed by atoms with Gasteiger partial charge in [0.1, 0.15) is 5.82 Å². The summed E-state index contributed by atoms with van der Waals surface area (Å²) in [5, 5.41) is 9.55. The summed E-state index contributed by atoms with van der Waals surface area (Å²) in [5.41, 5.74) is 1.04. The van der Waals surface area contributed by atoms with Crippen molar-refractivity contribution in [3.63, 3.8) is 0 Å². The van der Waals surface area contributed by atoms with E-state index in [2.05, 4.69) is 20.7 Å². The van der Waals surface area contributed by atoms with E-state index in [1.807, 2.05) is 12.1 Å². The van der Waals surface area contributed by atoms with Crippen LogP contribution in [0.5, 0.6) is 0 Å². The Hall–Kier alpha value is -2.70. The zero-order valence-corrected chi connectivity index (χ0v) is 11.7. The number of nitrogens with one attached hydrogen (secondary N) is 2. The second kappa shape index (κ2) is 7.18. The predicted octanol–water partition coefficient (Wildman–Crippen LogP) is 0.791. The van der Waals surface area contributed by atoms with Gasteiger partial charge in [0.25, 0.3) is 0 Å². The average molecular weight is 287 g/mol. The molecule has 2 aromatic rings. The highest BCUT2D eigenvalue weighted by molar-refractivity contribution is 5.90. The Balaban J connectivity index is 1.91. The van der Waals surface area contributed by atoms with Gasteiger partial charge in [-0.3, -0.25) is 14.6 Å². The zero-order chi connectivity index (χ0) is 15.1. The molecule has 21 heavy (non-hydrogen) atoms. The van der Waals surface area contributed by atoms with Gasteiger partial charge < -0.3 is 10.6 Å². The molecule has 0 saturated carbocycles.